The number of halogens is 3. The van der Waals surface area contributed by atoms with Gasteiger partial charge >= 0.3 is 0 Å². The van der Waals surface area contributed by atoms with Crippen LogP contribution in [0.5, 0.6) is 0 Å². The summed E-state index contributed by atoms with van der Waals surface area (Å²) in [6, 6.07) is 3.55. The van der Waals surface area contributed by atoms with Gasteiger partial charge in [0.05, 0.1) is 11.4 Å². The second-order valence-corrected chi connectivity index (χ2v) is 5.58. The minimum atomic E-state index is -1.48. The fraction of sp³-hybridized carbons (Fsp3) is 0.357. The maximum atomic E-state index is 13.2. The van der Waals surface area contributed by atoms with E-state index in [0.717, 1.165) is 17.8 Å². The van der Waals surface area contributed by atoms with Crippen LogP contribution >= 0.6 is 0 Å². The Morgan fingerprint density at radius 3 is 2.30 bits per heavy atom. The first-order chi connectivity index (χ1) is 9.26. The van der Waals surface area contributed by atoms with E-state index in [1.807, 2.05) is 20.8 Å². The van der Waals surface area contributed by atoms with Gasteiger partial charge in [0.2, 0.25) is 0 Å². The molecule has 0 radical (unpaired) electrons. The van der Waals surface area contributed by atoms with Crippen LogP contribution in [0, 0.1) is 17.5 Å². The van der Waals surface area contributed by atoms with Gasteiger partial charge in [0.15, 0.2) is 17.5 Å². The van der Waals surface area contributed by atoms with E-state index in [-0.39, 0.29) is 11.2 Å². The molecule has 1 N–H and O–H groups in total. The van der Waals surface area contributed by atoms with Crippen LogP contribution in [-0.4, -0.2) is 15.3 Å². The number of aromatic nitrogens is 2. The Bertz CT molecular complexity index is 591. The molecule has 2 rings (SSSR count). The van der Waals surface area contributed by atoms with Gasteiger partial charge in [-0.1, -0.05) is 0 Å². The molecule has 0 aliphatic heterocycles. The number of benzene rings is 1. The van der Waals surface area contributed by atoms with Gasteiger partial charge in [0.1, 0.15) is 0 Å². The quantitative estimate of drug-likeness (QED) is 0.877. The summed E-state index contributed by atoms with van der Waals surface area (Å²) in [6.45, 7) is 6.60. The van der Waals surface area contributed by atoms with Crippen molar-refractivity contribution in [2.24, 2.45) is 0 Å². The Morgan fingerprint density at radius 2 is 1.75 bits per heavy atom. The summed E-state index contributed by atoms with van der Waals surface area (Å²) >= 11 is 0. The standard InChI is InChI=1S/C14H16F3N3/c1-14(2,3)18-8-9-4-5-20(19-9)10-6-11(15)13(17)12(16)7-10/h4-7,18H,8H2,1-3H3. The molecule has 0 bridgehead atoms. The largest absolute Gasteiger partial charge is 0.306 e. The van der Waals surface area contributed by atoms with Gasteiger partial charge in [-0.25, -0.2) is 17.9 Å². The number of hydrogen-bond acceptors (Lipinski definition) is 2. The smallest absolute Gasteiger partial charge is 0.194 e. The molecule has 0 spiro atoms. The van der Waals surface area contributed by atoms with E-state index >= 15 is 0 Å². The van der Waals surface area contributed by atoms with Gasteiger partial charge in [0.25, 0.3) is 0 Å². The number of nitrogens with zero attached hydrogens (tertiary/aromatic N) is 2. The van der Waals surface area contributed by atoms with Crippen LogP contribution in [0.2, 0.25) is 0 Å². The molecule has 0 aliphatic carbocycles. The topological polar surface area (TPSA) is 29.9 Å². The van der Waals surface area contributed by atoms with Gasteiger partial charge < -0.3 is 5.32 Å². The minimum absolute atomic E-state index is 0.0577. The van der Waals surface area contributed by atoms with Crippen molar-refractivity contribution >= 4 is 0 Å². The van der Waals surface area contributed by atoms with E-state index < -0.39 is 17.5 Å². The zero-order chi connectivity index (χ0) is 14.9. The average molecular weight is 283 g/mol. The van der Waals surface area contributed by atoms with Crippen molar-refractivity contribution < 1.29 is 13.2 Å². The third-order valence-corrected chi connectivity index (χ3v) is 2.68. The predicted octanol–water partition coefficient (Wildman–Crippen LogP) is 3.18. The first-order valence-corrected chi connectivity index (χ1v) is 6.21. The van der Waals surface area contributed by atoms with Crippen molar-refractivity contribution in [2.75, 3.05) is 0 Å². The van der Waals surface area contributed by atoms with Gasteiger partial charge in [-0.3, -0.25) is 0 Å². The molecule has 0 aliphatic rings. The summed E-state index contributed by atoms with van der Waals surface area (Å²) in [4.78, 5) is 0. The normalized spacial score (nSPS) is 11.9. The molecule has 20 heavy (non-hydrogen) atoms. The van der Waals surface area contributed by atoms with Crippen molar-refractivity contribution in [3.63, 3.8) is 0 Å². The number of hydrogen-bond donors (Lipinski definition) is 1. The minimum Gasteiger partial charge on any atom is -0.306 e. The van der Waals surface area contributed by atoms with Crippen LogP contribution in [0.1, 0.15) is 26.5 Å². The van der Waals surface area contributed by atoms with Gasteiger partial charge in [-0.2, -0.15) is 5.10 Å². The van der Waals surface area contributed by atoms with Crippen molar-refractivity contribution in [3.8, 4) is 5.69 Å². The monoisotopic (exact) mass is 283 g/mol. The molecule has 0 atom stereocenters. The second-order valence-electron chi connectivity index (χ2n) is 5.58. The lowest BCUT2D eigenvalue weighted by atomic mass is 10.1. The van der Waals surface area contributed by atoms with E-state index in [1.165, 1.54) is 4.68 Å². The Hall–Kier alpha value is -1.82. The first kappa shape index (κ1) is 14.6. The maximum Gasteiger partial charge on any atom is 0.194 e. The zero-order valence-electron chi connectivity index (χ0n) is 11.5. The lowest BCUT2D eigenvalue weighted by Crippen LogP contribution is -2.35. The zero-order valence-corrected chi connectivity index (χ0v) is 11.5. The van der Waals surface area contributed by atoms with Crippen molar-refractivity contribution in [1.82, 2.24) is 15.1 Å². The Balaban J connectivity index is 2.21. The molecule has 0 amide bonds. The van der Waals surface area contributed by atoms with Gasteiger partial charge in [-0.05, 0) is 26.8 Å². The highest BCUT2D eigenvalue weighted by Crippen LogP contribution is 2.16. The van der Waals surface area contributed by atoms with Crippen molar-refractivity contribution in [3.05, 3.63) is 47.5 Å². The summed E-state index contributed by atoms with van der Waals surface area (Å²) in [7, 11) is 0. The molecule has 0 saturated carbocycles. The number of rotatable bonds is 3. The average Bonchev–Trinajstić information content (AvgIpc) is 2.81. The van der Waals surface area contributed by atoms with Crippen LogP contribution in [-0.2, 0) is 6.54 Å². The van der Waals surface area contributed by atoms with E-state index in [9.17, 15) is 13.2 Å². The molecule has 1 aromatic heterocycles. The molecule has 6 heteroatoms. The van der Waals surface area contributed by atoms with Crippen LogP contribution in [0.15, 0.2) is 24.4 Å². The summed E-state index contributed by atoms with van der Waals surface area (Å²) in [5.41, 5.74) is 0.811. The lowest BCUT2D eigenvalue weighted by molar-refractivity contribution is 0.420. The third kappa shape index (κ3) is 3.39. The molecule has 108 valence electrons. The van der Waals surface area contributed by atoms with E-state index in [2.05, 4.69) is 10.4 Å². The number of nitrogens with one attached hydrogen (secondary N) is 1. The molecular weight excluding hydrogens is 267 g/mol. The molecule has 3 nitrogen and oxygen atoms in total. The third-order valence-electron chi connectivity index (χ3n) is 2.68. The van der Waals surface area contributed by atoms with Crippen molar-refractivity contribution in [2.45, 2.75) is 32.9 Å². The molecule has 1 heterocycles. The Kier molecular flexibility index (Phi) is 3.85. The van der Waals surface area contributed by atoms with Gasteiger partial charge in [0, 0.05) is 30.4 Å². The lowest BCUT2D eigenvalue weighted by Gasteiger charge is -2.19. The van der Waals surface area contributed by atoms with E-state index in [1.54, 1.807) is 12.3 Å². The van der Waals surface area contributed by atoms with Crippen LogP contribution in [0.3, 0.4) is 0 Å². The predicted molar refractivity (Wildman–Crippen MR) is 70.0 cm³/mol. The first-order valence-electron chi connectivity index (χ1n) is 6.21. The molecule has 0 saturated heterocycles. The summed E-state index contributed by atoms with van der Waals surface area (Å²) in [5, 5.41) is 7.44. The highest BCUT2D eigenvalue weighted by atomic mass is 19.2. The molecule has 2 aromatic rings. The SMILES string of the molecule is CC(C)(C)NCc1ccn(-c2cc(F)c(F)c(F)c2)n1. The summed E-state index contributed by atoms with van der Waals surface area (Å²) < 4.78 is 40.5. The van der Waals surface area contributed by atoms with E-state index in [4.69, 9.17) is 0 Å². The molecular formula is C14H16F3N3. The summed E-state index contributed by atoms with van der Waals surface area (Å²) in [6.07, 6.45) is 1.58. The second kappa shape index (κ2) is 5.28. The fourth-order valence-electron chi connectivity index (χ4n) is 1.63. The Morgan fingerprint density at radius 1 is 1.15 bits per heavy atom. The van der Waals surface area contributed by atoms with Crippen LogP contribution in [0.25, 0.3) is 5.69 Å². The van der Waals surface area contributed by atoms with Crippen LogP contribution in [0.4, 0.5) is 13.2 Å². The molecule has 1 aromatic carbocycles. The summed E-state index contributed by atoms with van der Waals surface area (Å²) in [5.74, 6) is -3.94. The fourth-order valence-corrected chi connectivity index (χ4v) is 1.63. The van der Waals surface area contributed by atoms with Crippen molar-refractivity contribution in [1.29, 1.82) is 0 Å². The highest BCUT2D eigenvalue weighted by Gasteiger charge is 2.13. The molecule has 0 unspecified atom stereocenters. The van der Waals surface area contributed by atoms with Crippen LogP contribution < -0.4 is 5.32 Å². The Labute approximate surface area is 115 Å². The molecule has 0 fully saturated rings. The highest BCUT2D eigenvalue weighted by molar-refractivity contribution is 5.33. The van der Waals surface area contributed by atoms with E-state index in [0.29, 0.717) is 6.54 Å². The maximum absolute atomic E-state index is 13.2. The van der Waals surface area contributed by atoms with Gasteiger partial charge in [-0.15, -0.1) is 0 Å².